The Morgan fingerprint density at radius 1 is 1.06 bits per heavy atom. The van der Waals surface area contributed by atoms with Crippen molar-refractivity contribution in [2.75, 3.05) is 5.32 Å². The van der Waals surface area contributed by atoms with Crippen molar-refractivity contribution in [3.8, 4) is 0 Å². The molecule has 0 spiro atoms. The minimum atomic E-state index is -5.40. The SMILES string of the molecule is O=C(N[C@]1(C(F)(F)F)C(=O)Nc2c1c(=O)[nH]c(=S)n2CCc1ccccc1)c1ccc(F)cc1. The average Bonchev–Trinajstić information content (AvgIpc) is 3.08. The number of aromatic amines is 1. The summed E-state index contributed by atoms with van der Waals surface area (Å²) in [6, 6.07) is 12.7. The minimum Gasteiger partial charge on any atom is -0.326 e. The summed E-state index contributed by atoms with van der Waals surface area (Å²) in [5.74, 6) is -4.14. The van der Waals surface area contributed by atoms with E-state index < -0.39 is 46.3 Å². The molecule has 0 bridgehead atoms. The summed E-state index contributed by atoms with van der Waals surface area (Å²) in [4.78, 5) is 40.3. The lowest BCUT2D eigenvalue weighted by Crippen LogP contribution is -2.61. The quantitative estimate of drug-likeness (QED) is 0.376. The van der Waals surface area contributed by atoms with Crippen molar-refractivity contribution in [2.24, 2.45) is 0 Å². The second kappa shape index (κ2) is 8.52. The summed E-state index contributed by atoms with van der Waals surface area (Å²) in [7, 11) is 0. The molecule has 0 unspecified atom stereocenters. The lowest BCUT2D eigenvalue weighted by Gasteiger charge is -2.30. The van der Waals surface area contributed by atoms with Gasteiger partial charge in [0.2, 0.25) is 0 Å². The number of nitrogens with zero attached hydrogens (tertiary/aromatic N) is 1. The van der Waals surface area contributed by atoms with Gasteiger partial charge in [-0.1, -0.05) is 30.3 Å². The van der Waals surface area contributed by atoms with Crippen LogP contribution in [0, 0.1) is 10.6 Å². The summed E-state index contributed by atoms with van der Waals surface area (Å²) in [6.45, 7) is 0.0437. The number of carbonyl (C=O) groups excluding carboxylic acids is 2. The van der Waals surface area contributed by atoms with Crippen molar-refractivity contribution in [1.29, 1.82) is 0 Å². The number of alkyl halides is 3. The summed E-state index contributed by atoms with van der Waals surface area (Å²) >= 11 is 5.13. The van der Waals surface area contributed by atoms with Crippen LogP contribution in [-0.2, 0) is 23.3 Å². The van der Waals surface area contributed by atoms with Crippen LogP contribution in [0.25, 0.3) is 0 Å². The van der Waals surface area contributed by atoms with Gasteiger partial charge in [-0.25, -0.2) is 4.39 Å². The van der Waals surface area contributed by atoms with Gasteiger partial charge in [0.1, 0.15) is 17.2 Å². The number of anilines is 1. The van der Waals surface area contributed by atoms with Crippen LogP contribution in [0.2, 0.25) is 0 Å². The minimum absolute atomic E-state index is 0.0437. The molecule has 2 heterocycles. The highest BCUT2D eigenvalue weighted by Crippen LogP contribution is 2.45. The maximum Gasteiger partial charge on any atom is 0.425 e. The molecule has 1 aromatic heterocycles. The number of amides is 2. The average molecular weight is 492 g/mol. The molecule has 0 aliphatic carbocycles. The van der Waals surface area contributed by atoms with E-state index in [9.17, 15) is 31.9 Å². The monoisotopic (exact) mass is 492 g/mol. The summed E-state index contributed by atoms with van der Waals surface area (Å²) in [6.07, 6.45) is -5.06. The van der Waals surface area contributed by atoms with E-state index in [1.54, 1.807) is 35.6 Å². The first-order chi connectivity index (χ1) is 16.0. The number of carbonyl (C=O) groups is 2. The second-order valence-electron chi connectivity index (χ2n) is 7.53. The zero-order valence-corrected chi connectivity index (χ0v) is 18.0. The fourth-order valence-corrected chi connectivity index (χ4v) is 4.04. The molecule has 1 aliphatic heterocycles. The maximum absolute atomic E-state index is 14.4. The highest BCUT2D eigenvalue weighted by Gasteiger charge is 2.68. The van der Waals surface area contributed by atoms with E-state index in [0.717, 1.165) is 29.8 Å². The van der Waals surface area contributed by atoms with E-state index in [1.807, 2.05) is 0 Å². The van der Waals surface area contributed by atoms with Crippen molar-refractivity contribution < 1.29 is 27.2 Å². The standard InChI is InChI=1S/C22H16F4N4O3S/c23-14-8-6-13(7-9-14)17(31)29-21(22(24,25)26)15-16(27-19(21)33)30(20(34)28-18(15)32)11-10-12-4-2-1-3-5-12/h1-9H,10-11H2,(H,27,33)(H,29,31)(H,28,32,34)/t21-/m0/s1. The van der Waals surface area contributed by atoms with Gasteiger partial charge in [0.05, 0.1) is 0 Å². The highest BCUT2D eigenvalue weighted by atomic mass is 32.1. The Morgan fingerprint density at radius 3 is 2.32 bits per heavy atom. The number of fused-ring (bicyclic) bond motifs is 1. The van der Waals surface area contributed by atoms with Crippen LogP contribution in [0.4, 0.5) is 23.4 Å². The second-order valence-corrected chi connectivity index (χ2v) is 7.92. The zero-order chi connectivity index (χ0) is 24.7. The van der Waals surface area contributed by atoms with E-state index in [4.69, 9.17) is 12.2 Å². The Labute approximate surface area is 194 Å². The van der Waals surface area contributed by atoms with Crippen LogP contribution in [0.15, 0.2) is 59.4 Å². The number of benzene rings is 2. The maximum atomic E-state index is 14.4. The normalized spacial score (nSPS) is 17.2. The van der Waals surface area contributed by atoms with Gasteiger partial charge in [-0.05, 0) is 48.5 Å². The highest BCUT2D eigenvalue weighted by molar-refractivity contribution is 7.71. The summed E-state index contributed by atoms with van der Waals surface area (Å²) < 4.78 is 57.4. The Balaban J connectivity index is 1.82. The smallest absolute Gasteiger partial charge is 0.326 e. The number of nitrogens with one attached hydrogen (secondary N) is 3. The van der Waals surface area contributed by atoms with Crippen LogP contribution in [0.3, 0.4) is 0 Å². The van der Waals surface area contributed by atoms with Gasteiger partial charge in [-0.15, -0.1) is 0 Å². The van der Waals surface area contributed by atoms with Crippen LogP contribution in [0.1, 0.15) is 21.5 Å². The first kappa shape index (κ1) is 23.4. The molecule has 12 heteroatoms. The fourth-order valence-electron chi connectivity index (χ4n) is 3.77. The molecule has 0 fully saturated rings. The third-order valence-electron chi connectivity index (χ3n) is 5.45. The molecule has 2 aromatic carbocycles. The topological polar surface area (TPSA) is 96.0 Å². The first-order valence-corrected chi connectivity index (χ1v) is 10.3. The number of aryl methyl sites for hydroxylation is 1. The van der Waals surface area contributed by atoms with Gasteiger partial charge in [0, 0.05) is 12.1 Å². The summed E-state index contributed by atoms with van der Waals surface area (Å²) in [5.41, 5.74) is -5.47. The van der Waals surface area contributed by atoms with Crippen molar-refractivity contribution in [3.63, 3.8) is 0 Å². The first-order valence-electron chi connectivity index (χ1n) is 9.92. The number of rotatable bonds is 5. The Hall–Kier alpha value is -3.80. The van der Waals surface area contributed by atoms with Crippen LogP contribution < -0.4 is 16.2 Å². The molecule has 1 aliphatic rings. The number of hydrogen-bond acceptors (Lipinski definition) is 4. The van der Waals surface area contributed by atoms with E-state index in [2.05, 4.69) is 10.3 Å². The lowest BCUT2D eigenvalue weighted by atomic mass is 9.91. The molecule has 7 nitrogen and oxygen atoms in total. The molecule has 3 N–H and O–H groups in total. The third kappa shape index (κ3) is 3.89. The van der Waals surface area contributed by atoms with Gasteiger partial charge >= 0.3 is 6.18 Å². The van der Waals surface area contributed by atoms with E-state index in [-0.39, 0.29) is 16.9 Å². The molecule has 176 valence electrons. The summed E-state index contributed by atoms with van der Waals surface area (Å²) in [5, 5.41) is 3.76. The van der Waals surface area contributed by atoms with Crippen LogP contribution in [0.5, 0.6) is 0 Å². The molecule has 4 rings (SSSR count). The predicted octanol–water partition coefficient (Wildman–Crippen LogP) is 3.43. The Bertz CT molecular complexity index is 1380. The molecule has 0 radical (unpaired) electrons. The van der Waals surface area contributed by atoms with E-state index >= 15 is 0 Å². The number of H-pyrrole nitrogens is 1. The van der Waals surface area contributed by atoms with E-state index in [1.165, 1.54) is 4.57 Å². The van der Waals surface area contributed by atoms with Crippen LogP contribution >= 0.6 is 12.2 Å². The molecule has 2 amide bonds. The zero-order valence-electron chi connectivity index (χ0n) is 17.2. The number of halogens is 4. The molecule has 34 heavy (non-hydrogen) atoms. The third-order valence-corrected chi connectivity index (χ3v) is 5.77. The molecular weight excluding hydrogens is 476 g/mol. The van der Waals surface area contributed by atoms with Gasteiger partial charge in [0.25, 0.3) is 22.9 Å². The van der Waals surface area contributed by atoms with Crippen molar-refractivity contribution in [3.05, 3.63) is 92.2 Å². The molecular formula is C22H16F4N4O3S. The van der Waals surface area contributed by atoms with Crippen molar-refractivity contribution >= 4 is 29.9 Å². The Morgan fingerprint density at radius 2 is 1.71 bits per heavy atom. The Kier molecular flexibility index (Phi) is 5.86. The van der Waals surface area contributed by atoms with Crippen molar-refractivity contribution in [2.45, 2.75) is 24.7 Å². The predicted molar refractivity (Wildman–Crippen MR) is 116 cm³/mol. The molecule has 3 aromatic rings. The van der Waals surface area contributed by atoms with Gasteiger partial charge in [-0.3, -0.25) is 19.4 Å². The number of aromatic nitrogens is 2. The molecule has 0 saturated heterocycles. The van der Waals surface area contributed by atoms with Gasteiger partial charge in [0.15, 0.2) is 4.77 Å². The van der Waals surface area contributed by atoms with Gasteiger partial charge < -0.3 is 15.2 Å². The van der Waals surface area contributed by atoms with E-state index in [0.29, 0.717) is 6.42 Å². The molecule has 0 saturated carbocycles. The largest absolute Gasteiger partial charge is 0.425 e. The molecule has 1 atom stereocenters. The van der Waals surface area contributed by atoms with Crippen LogP contribution in [-0.4, -0.2) is 27.5 Å². The van der Waals surface area contributed by atoms with Crippen molar-refractivity contribution in [1.82, 2.24) is 14.9 Å². The lowest BCUT2D eigenvalue weighted by molar-refractivity contribution is -0.196. The number of hydrogen-bond donors (Lipinski definition) is 3. The fraction of sp³-hybridized carbons (Fsp3) is 0.182. The van der Waals surface area contributed by atoms with Gasteiger partial charge in [-0.2, -0.15) is 13.2 Å².